The molecule has 102 valence electrons. The molecule has 1 aliphatic rings. The Labute approximate surface area is 110 Å². The number of carbonyl (C=O) groups excluding carboxylic acids is 2. The lowest BCUT2D eigenvalue weighted by molar-refractivity contribution is -0.133. The van der Waals surface area contributed by atoms with Crippen molar-refractivity contribution >= 4 is 17.6 Å². The fourth-order valence-electron chi connectivity index (χ4n) is 1.98. The van der Waals surface area contributed by atoms with Crippen molar-refractivity contribution in [3.05, 3.63) is 29.6 Å². The number of hydrogen-bond donors (Lipinski definition) is 1. The minimum Gasteiger partial charge on any atom is -0.452 e. The van der Waals surface area contributed by atoms with E-state index in [1.807, 2.05) is 0 Å². The van der Waals surface area contributed by atoms with Crippen LogP contribution < -0.4 is 5.73 Å². The molecule has 1 aliphatic heterocycles. The third kappa shape index (κ3) is 3.21. The van der Waals surface area contributed by atoms with Crippen LogP contribution in [-0.2, 0) is 9.53 Å². The summed E-state index contributed by atoms with van der Waals surface area (Å²) in [5, 5.41) is 0. The number of likely N-dealkylation sites (tertiary alicyclic amines) is 1. The predicted octanol–water partition coefficient (Wildman–Crippen LogP) is 1.19. The SMILES string of the molecule is Nc1cc(F)ccc1C(=O)OCC(=O)N1CCCC1. The van der Waals surface area contributed by atoms with Gasteiger partial charge in [0, 0.05) is 18.8 Å². The summed E-state index contributed by atoms with van der Waals surface area (Å²) in [5.74, 6) is -1.46. The van der Waals surface area contributed by atoms with Crippen molar-refractivity contribution in [2.24, 2.45) is 0 Å². The summed E-state index contributed by atoms with van der Waals surface area (Å²) in [6.07, 6.45) is 1.95. The highest BCUT2D eigenvalue weighted by atomic mass is 19.1. The van der Waals surface area contributed by atoms with Gasteiger partial charge in [-0.05, 0) is 31.0 Å². The molecule has 0 aromatic heterocycles. The highest BCUT2D eigenvalue weighted by molar-refractivity contribution is 5.96. The van der Waals surface area contributed by atoms with E-state index < -0.39 is 11.8 Å². The Balaban J connectivity index is 1.92. The third-order valence-corrected chi connectivity index (χ3v) is 3.02. The molecule has 1 aromatic rings. The smallest absolute Gasteiger partial charge is 0.340 e. The maximum Gasteiger partial charge on any atom is 0.340 e. The van der Waals surface area contributed by atoms with Gasteiger partial charge in [0.2, 0.25) is 0 Å². The fraction of sp³-hybridized carbons (Fsp3) is 0.385. The topological polar surface area (TPSA) is 72.6 Å². The van der Waals surface area contributed by atoms with Crippen LogP contribution in [0.3, 0.4) is 0 Å². The minimum absolute atomic E-state index is 0.00128. The molecule has 1 fully saturated rings. The van der Waals surface area contributed by atoms with Crippen molar-refractivity contribution < 1.29 is 18.7 Å². The summed E-state index contributed by atoms with van der Waals surface area (Å²) in [6, 6.07) is 3.40. The van der Waals surface area contributed by atoms with Gasteiger partial charge in [0.15, 0.2) is 6.61 Å². The first-order valence-corrected chi connectivity index (χ1v) is 6.08. The van der Waals surface area contributed by atoms with Crippen LogP contribution in [0.2, 0.25) is 0 Å². The number of nitrogen functional groups attached to an aromatic ring is 1. The van der Waals surface area contributed by atoms with Gasteiger partial charge < -0.3 is 15.4 Å². The van der Waals surface area contributed by atoms with Crippen molar-refractivity contribution in [3.8, 4) is 0 Å². The van der Waals surface area contributed by atoms with Crippen molar-refractivity contribution in [2.45, 2.75) is 12.8 Å². The van der Waals surface area contributed by atoms with Crippen molar-refractivity contribution in [1.82, 2.24) is 4.90 Å². The van der Waals surface area contributed by atoms with Crippen LogP contribution in [0.5, 0.6) is 0 Å². The Kier molecular flexibility index (Phi) is 3.99. The Bertz CT molecular complexity index is 499. The zero-order valence-electron chi connectivity index (χ0n) is 10.4. The molecule has 1 heterocycles. The van der Waals surface area contributed by atoms with E-state index in [2.05, 4.69) is 0 Å². The van der Waals surface area contributed by atoms with Crippen LogP contribution in [-0.4, -0.2) is 36.5 Å². The molecule has 0 atom stereocenters. The number of nitrogens with zero attached hydrogens (tertiary/aromatic N) is 1. The summed E-state index contributed by atoms with van der Waals surface area (Å²) < 4.78 is 17.7. The fourth-order valence-corrected chi connectivity index (χ4v) is 1.98. The van der Waals surface area contributed by atoms with Crippen molar-refractivity contribution in [2.75, 3.05) is 25.4 Å². The van der Waals surface area contributed by atoms with Crippen LogP contribution in [0.4, 0.5) is 10.1 Å². The number of halogens is 1. The average molecular weight is 266 g/mol. The molecule has 0 bridgehead atoms. The van der Waals surface area contributed by atoms with Crippen LogP contribution in [0.25, 0.3) is 0 Å². The second kappa shape index (κ2) is 5.69. The number of amides is 1. The van der Waals surface area contributed by atoms with Crippen LogP contribution >= 0.6 is 0 Å². The van der Waals surface area contributed by atoms with Gasteiger partial charge in [0.25, 0.3) is 5.91 Å². The molecule has 0 aliphatic carbocycles. The molecule has 1 aromatic carbocycles. The second-order valence-electron chi connectivity index (χ2n) is 4.40. The quantitative estimate of drug-likeness (QED) is 0.658. The summed E-state index contributed by atoms with van der Waals surface area (Å²) in [5.41, 5.74) is 5.58. The van der Waals surface area contributed by atoms with E-state index in [1.165, 1.54) is 6.07 Å². The lowest BCUT2D eigenvalue weighted by Gasteiger charge is -2.15. The molecule has 0 unspecified atom stereocenters. The van der Waals surface area contributed by atoms with E-state index in [9.17, 15) is 14.0 Å². The zero-order valence-corrected chi connectivity index (χ0v) is 10.4. The van der Waals surface area contributed by atoms with Gasteiger partial charge in [0.05, 0.1) is 5.56 Å². The number of nitrogens with two attached hydrogens (primary N) is 1. The van der Waals surface area contributed by atoms with E-state index >= 15 is 0 Å². The number of carbonyl (C=O) groups is 2. The van der Waals surface area contributed by atoms with Crippen LogP contribution in [0.15, 0.2) is 18.2 Å². The molecule has 2 N–H and O–H groups in total. The molecule has 0 saturated carbocycles. The Morgan fingerprint density at radius 3 is 2.63 bits per heavy atom. The Morgan fingerprint density at radius 2 is 2.00 bits per heavy atom. The molecular formula is C13H15FN2O3. The zero-order chi connectivity index (χ0) is 13.8. The summed E-state index contributed by atoms with van der Waals surface area (Å²) >= 11 is 0. The van der Waals surface area contributed by atoms with E-state index in [0.717, 1.165) is 25.0 Å². The molecule has 2 rings (SSSR count). The minimum atomic E-state index is -0.718. The van der Waals surface area contributed by atoms with E-state index in [1.54, 1.807) is 4.90 Å². The maximum absolute atomic E-state index is 12.8. The molecule has 1 amide bonds. The Morgan fingerprint density at radius 1 is 1.32 bits per heavy atom. The molecule has 19 heavy (non-hydrogen) atoms. The average Bonchev–Trinajstić information content (AvgIpc) is 2.89. The van der Waals surface area contributed by atoms with Gasteiger partial charge in [-0.15, -0.1) is 0 Å². The first kappa shape index (κ1) is 13.3. The van der Waals surface area contributed by atoms with E-state index in [-0.39, 0.29) is 23.8 Å². The summed E-state index contributed by atoms with van der Waals surface area (Å²) in [7, 11) is 0. The molecular weight excluding hydrogens is 251 g/mol. The lowest BCUT2D eigenvalue weighted by Crippen LogP contribution is -2.32. The van der Waals surface area contributed by atoms with Gasteiger partial charge in [-0.2, -0.15) is 0 Å². The number of rotatable bonds is 3. The van der Waals surface area contributed by atoms with Gasteiger partial charge in [-0.3, -0.25) is 4.79 Å². The maximum atomic E-state index is 12.8. The molecule has 0 radical (unpaired) electrons. The monoisotopic (exact) mass is 266 g/mol. The van der Waals surface area contributed by atoms with E-state index in [4.69, 9.17) is 10.5 Å². The van der Waals surface area contributed by atoms with Crippen molar-refractivity contribution in [3.63, 3.8) is 0 Å². The van der Waals surface area contributed by atoms with Gasteiger partial charge >= 0.3 is 5.97 Å². The summed E-state index contributed by atoms with van der Waals surface area (Å²) in [6.45, 7) is 1.10. The first-order chi connectivity index (χ1) is 9.08. The van der Waals surface area contributed by atoms with Gasteiger partial charge in [-0.25, -0.2) is 9.18 Å². The molecule has 0 spiro atoms. The van der Waals surface area contributed by atoms with Crippen LogP contribution in [0.1, 0.15) is 23.2 Å². The summed E-state index contributed by atoms with van der Waals surface area (Å²) in [4.78, 5) is 25.0. The van der Waals surface area contributed by atoms with Crippen LogP contribution in [0, 0.1) is 5.82 Å². The highest BCUT2D eigenvalue weighted by Crippen LogP contribution is 2.15. The second-order valence-corrected chi connectivity index (χ2v) is 4.40. The first-order valence-electron chi connectivity index (χ1n) is 6.08. The third-order valence-electron chi connectivity index (χ3n) is 3.02. The number of benzene rings is 1. The molecule has 6 heteroatoms. The predicted molar refractivity (Wildman–Crippen MR) is 66.9 cm³/mol. The molecule has 5 nitrogen and oxygen atoms in total. The standard InChI is InChI=1S/C13H15FN2O3/c14-9-3-4-10(11(15)7-9)13(18)19-8-12(17)16-5-1-2-6-16/h3-4,7H,1-2,5-6,8,15H2. The Hall–Kier alpha value is -2.11. The number of hydrogen-bond acceptors (Lipinski definition) is 4. The number of anilines is 1. The largest absolute Gasteiger partial charge is 0.452 e. The number of esters is 1. The lowest BCUT2D eigenvalue weighted by atomic mass is 10.2. The van der Waals surface area contributed by atoms with Gasteiger partial charge in [-0.1, -0.05) is 0 Å². The number of ether oxygens (including phenoxy) is 1. The highest BCUT2D eigenvalue weighted by Gasteiger charge is 2.20. The molecule has 1 saturated heterocycles. The van der Waals surface area contributed by atoms with E-state index in [0.29, 0.717) is 13.1 Å². The van der Waals surface area contributed by atoms with Gasteiger partial charge in [0.1, 0.15) is 5.82 Å². The van der Waals surface area contributed by atoms with Crippen molar-refractivity contribution in [1.29, 1.82) is 0 Å². The normalized spacial score (nSPS) is 14.5.